The predicted octanol–water partition coefficient (Wildman–Crippen LogP) is 1.97. The molecule has 4 heteroatoms. The summed E-state index contributed by atoms with van der Waals surface area (Å²) in [5, 5.41) is 3.47. The molecule has 0 saturated carbocycles. The Morgan fingerprint density at radius 2 is 2.20 bits per heavy atom. The van der Waals surface area contributed by atoms with Crippen LogP contribution in [0.2, 0.25) is 0 Å². The van der Waals surface area contributed by atoms with Crippen molar-refractivity contribution in [2.75, 3.05) is 0 Å². The molecule has 1 aromatic heterocycles. The summed E-state index contributed by atoms with van der Waals surface area (Å²) in [6.07, 6.45) is 4.83. The second-order valence-electron chi connectivity index (χ2n) is 4.43. The lowest BCUT2D eigenvalue weighted by Gasteiger charge is -2.19. The van der Waals surface area contributed by atoms with Crippen LogP contribution >= 0.6 is 0 Å². The number of pyridine rings is 1. The number of hydrogen-bond acceptors (Lipinski definition) is 2. The Morgan fingerprint density at radius 3 is 2.80 bits per heavy atom. The lowest BCUT2D eigenvalue weighted by Crippen LogP contribution is -2.21. The molecule has 3 atom stereocenters. The van der Waals surface area contributed by atoms with Crippen molar-refractivity contribution in [1.29, 1.82) is 0 Å². The van der Waals surface area contributed by atoms with E-state index in [2.05, 4.69) is 10.3 Å². The molecule has 15 heavy (non-hydrogen) atoms. The van der Waals surface area contributed by atoms with Crippen molar-refractivity contribution in [2.24, 2.45) is 0 Å². The standard InChI is InChI=1S/C11H12F2N2/c12-9-3-6(5-14-11(9)13)8-4-7-1-2-10(8)15-7/h3,5,7-8,10,15H,1-2,4H2/t7-,8+,10+/m0/s1. The van der Waals surface area contributed by atoms with Crippen molar-refractivity contribution in [3.05, 3.63) is 29.6 Å². The van der Waals surface area contributed by atoms with Gasteiger partial charge in [-0.1, -0.05) is 0 Å². The van der Waals surface area contributed by atoms with Gasteiger partial charge >= 0.3 is 0 Å². The molecule has 1 N–H and O–H groups in total. The van der Waals surface area contributed by atoms with E-state index in [4.69, 9.17) is 0 Å². The van der Waals surface area contributed by atoms with Gasteiger partial charge in [0.15, 0.2) is 5.82 Å². The molecule has 0 amide bonds. The summed E-state index contributed by atoms with van der Waals surface area (Å²) in [5.41, 5.74) is 0.827. The highest BCUT2D eigenvalue weighted by Crippen LogP contribution is 2.39. The van der Waals surface area contributed by atoms with Crippen LogP contribution in [0, 0.1) is 11.8 Å². The molecule has 2 fully saturated rings. The van der Waals surface area contributed by atoms with Gasteiger partial charge in [-0.25, -0.2) is 9.37 Å². The maximum atomic E-state index is 13.0. The minimum Gasteiger partial charge on any atom is -0.311 e. The summed E-state index contributed by atoms with van der Waals surface area (Å²) >= 11 is 0. The molecular weight excluding hydrogens is 198 g/mol. The van der Waals surface area contributed by atoms with Crippen molar-refractivity contribution in [1.82, 2.24) is 10.3 Å². The molecule has 2 aliphatic rings. The predicted molar refractivity (Wildman–Crippen MR) is 51.5 cm³/mol. The van der Waals surface area contributed by atoms with E-state index in [-0.39, 0.29) is 0 Å². The molecule has 0 aliphatic carbocycles. The summed E-state index contributed by atoms with van der Waals surface area (Å²) in [5.74, 6) is -1.53. The molecule has 1 aromatic rings. The topological polar surface area (TPSA) is 24.9 Å². The fraction of sp³-hybridized carbons (Fsp3) is 0.545. The maximum absolute atomic E-state index is 13.0. The molecule has 2 bridgehead atoms. The Bertz CT molecular complexity index is 394. The Balaban J connectivity index is 1.90. The molecule has 0 aromatic carbocycles. The van der Waals surface area contributed by atoms with Gasteiger partial charge in [0.25, 0.3) is 0 Å². The number of rotatable bonds is 1. The number of fused-ring (bicyclic) bond motifs is 2. The Morgan fingerprint density at radius 1 is 1.33 bits per heavy atom. The van der Waals surface area contributed by atoms with E-state index < -0.39 is 11.8 Å². The van der Waals surface area contributed by atoms with Gasteiger partial charge in [0.1, 0.15) is 0 Å². The largest absolute Gasteiger partial charge is 0.311 e. The van der Waals surface area contributed by atoms with Crippen LogP contribution in [-0.2, 0) is 0 Å². The summed E-state index contributed by atoms with van der Waals surface area (Å²) in [6, 6.07) is 2.28. The minimum absolute atomic E-state index is 0.311. The minimum atomic E-state index is -1.00. The molecule has 2 nitrogen and oxygen atoms in total. The first-order valence-electron chi connectivity index (χ1n) is 5.31. The SMILES string of the molecule is Fc1cc([C@H]2C[C@@H]3CC[C@H]2N3)cnc1F. The third-order valence-electron chi connectivity index (χ3n) is 3.55. The van der Waals surface area contributed by atoms with Crippen molar-refractivity contribution in [3.8, 4) is 0 Å². The van der Waals surface area contributed by atoms with Crippen LogP contribution in [0.1, 0.15) is 30.7 Å². The number of aromatic nitrogens is 1. The van der Waals surface area contributed by atoms with Gasteiger partial charge in [0.05, 0.1) is 0 Å². The van der Waals surface area contributed by atoms with E-state index in [0.29, 0.717) is 18.0 Å². The number of nitrogens with zero attached hydrogens (tertiary/aromatic N) is 1. The van der Waals surface area contributed by atoms with Crippen molar-refractivity contribution in [2.45, 2.75) is 37.3 Å². The van der Waals surface area contributed by atoms with Gasteiger partial charge in [-0.05, 0) is 30.9 Å². The first-order chi connectivity index (χ1) is 7.24. The summed E-state index contributed by atoms with van der Waals surface area (Å²) in [6.45, 7) is 0. The van der Waals surface area contributed by atoms with Crippen molar-refractivity contribution in [3.63, 3.8) is 0 Å². The number of hydrogen-bond donors (Lipinski definition) is 1. The molecule has 3 rings (SSSR count). The first-order valence-corrected chi connectivity index (χ1v) is 5.31. The zero-order chi connectivity index (χ0) is 10.4. The average Bonchev–Trinajstić information content (AvgIpc) is 2.83. The molecule has 2 saturated heterocycles. The second-order valence-corrected chi connectivity index (χ2v) is 4.43. The fourth-order valence-electron chi connectivity index (χ4n) is 2.83. The third-order valence-corrected chi connectivity index (χ3v) is 3.55. The molecule has 0 radical (unpaired) electrons. The van der Waals surface area contributed by atoms with E-state index >= 15 is 0 Å². The summed E-state index contributed by atoms with van der Waals surface area (Å²) in [7, 11) is 0. The van der Waals surface area contributed by atoms with Gasteiger partial charge in [-0.3, -0.25) is 0 Å². The molecule has 80 valence electrons. The van der Waals surface area contributed by atoms with Crippen LogP contribution in [0.15, 0.2) is 12.3 Å². The van der Waals surface area contributed by atoms with Crippen LogP contribution in [0.25, 0.3) is 0 Å². The second kappa shape index (κ2) is 3.23. The Kier molecular flexibility index (Phi) is 1.99. The van der Waals surface area contributed by atoms with Crippen molar-refractivity contribution >= 4 is 0 Å². The van der Waals surface area contributed by atoms with E-state index in [1.165, 1.54) is 18.7 Å². The molecule has 3 heterocycles. The molecular formula is C11H12F2N2. The Hall–Kier alpha value is -1.03. The fourth-order valence-corrected chi connectivity index (χ4v) is 2.83. The Labute approximate surface area is 86.7 Å². The van der Waals surface area contributed by atoms with Crippen LogP contribution in [0.5, 0.6) is 0 Å². The molecule has 0 unspecified atom stereocenters. The van der Waals surface area contributed by atoms with Gasteiger partial charge in [-0.2, -0.15) is 4.39 Å². The summed E-state index contributed by atoms with van der Waals surface area (Å²) in [4.78, 5) is 3.44. The van der Waals surface area contributed by atoms with Gasteiger partial charge in [0, 0.05) is 24.2 Å². The van der Waals surface area contributed by atoms with E-state index in [0.717, 1.165) is 18.4 Å². The normalized spacial score (nSPS) is 33.6. The number of halogens is 2. The maximum Gasteiger partial charge on any atom is 0.248 e. The monoisotopic (exact) mass is 210 g/mol. The average molecular weight is 210 g/mol. The highest BCUT2D eigenvalue weighted by molar-refractivity contribution is 5.22. The lowest BCUT2D eigenvalue weighted by molar-refractivity contribution is 0.464. The molecule has 0 spiro atoms. The van der Waals surface area contributed by atoms with Crippen LogP contribution < -0.4 is 5.32 Å². The summed E-state index contributed by atoms with van der Waals surface area (Å²) < 4.78 is 25.7. The highest BCUT2D eigenvalue weighted by atomic mass is 19.2. The van der Waals surface area contributed by atoms with Crippen molar-refractivity contribution < 1.29 is 8.78 Å². The highest BCUT2D eigenvalue weighted by Gasteiger charge is 2.39. The zero-order valence-electron chi connectivity index (χ0n) is 8.21. The van der Waals surface area contributed by atoms with E-state index in [9.17, 15) is 8.78 Å². The third kappa shape index (κ3) is 1.44. The van der Waals surface area contributed by atoms with Crippen LogP contribution in [0.4, 0.5) is 8.78 Å². The van der Waals surface area contributed by atoms with E-state index in [1.807, 2.05) is 0 Å². The quantitative estimate of drug-likeness (QED) is 0.717. The number of nitrogens with one attached hydrogen (secondary N) is 1. The molecule has 2 aliphatic heterocycles. The lowest BCUT2D eigenvalue weighted by atomic mass is 9.85. The van der Waals surface area contributed by atoms with Gasteiger partial charge in [-0.15, -0.1) is 0 Å². The van der Waals surface area contributed by atoms with Gasteiger partial charge < -0.3 is 5.32 Å². The van der Waals surface area contributed by atoms with E-state index in [1.54, 1.807) is 0 Å². The van der Waals surface area contributed by atoms with Crippen LogP contribution in [0.3, 0.4) is 0 Å². The van der Waals surface area contributed by atoms with Crippen LogP contribution in [-0.4, -0.2) is 17.1 Å². The first kappa shape index (κ1) is 9.21. The van der Waals surface area contributed by atoms with Gasteiger partial charge in [0.2, 0.25) is 5.95 Å². The smallest absolute Gasteiger partial charge is 0.248 e. The zero-order valence-corrected chi connectivity index (χ0v) is 8.21.